The van der Waals surface area contributed by atoms with Crippen LogP contribution >= 0.6 is 15.9 Å². The van der Waals surface area contributed by atoms with E-state index in [4.69, 9.17) is 4.65 Å². The SMILES string of the molecule is CC1(C)C2CC(O)C(C)(O[B]CBr)C1C2. The Balaban J connectivity index is 2.14. The summed E-state index contributed by atoms with van der Waals surface area (Å²) in [6.07, 6.45) is 1.77. The third-order valence-electron chi connectivity index (χ3n) is 4.73. The van der Waals surface area contributed by atoms with Crippen LogP contribution in [-0.2, 0) is 4.65 Å². The minimum Gasteiger partial charge on any atom is -0.432 e. The van der Waals surface area contributed by atoms with Crippen LogP contribution in [0.5, 0.6) is 0 Å². The normalized spacial score (nSPS) is 47.1. The summed E-state index contributed by atoms with van der Waals surface area (Å²) in [5, 5.41) is 10.8. The number of aliphatic hydroxyl groups is 1. The molecule has 4 unspecified atom stereocenters. The minimum atomic E-state index is -0.383. The molecule has 85 valence electrons. The van der Waals surface area contributed by atoms with Crippen molar-refractivity contribution in [2.75, 3.05) is 5.23 Å². The fourth-order valence-corrected chi connectivity index (χ4v) is 3.63. The Morgan fingerprint density at radius 3 is 2.60 bits per heavy atom. The van der Waals surface area contributed by atoms with Crippen molar-refractivity contribution in [2.24, 2.45) is 17.3 Å². The molecule has 3 aliphatic carbocycles. The van der Waals surface area contributed by atoms with Gasteiger partial charge in [0.2, 0.25) is 0 Å². The number of aliphatic hydroxyl groups excluding tert-OH is 1. The van der Waals surface area contributed by atoms with E-state index >= 15 is 0 Å². The van der Waals surface area contributed by atoms with Crippen molar-refractivity contribution in [3.8, 4) is 0 Å². The number of fused-ring (bicyclic) bond motifs is 2. The monoisotopic (exact) mass is 273 g/mol. The van der Waals surface area contributed by atoms with Crippen molar-refractivity contribution < 1.29 is 9.76 Å². The van der Waals surface area contributed by atoms with E-state index in [2.05, 4.69) is 36.7 Å². The van der Waals surface area contributed by atoms with Gasteiger partial charge in [-0.25, -0.2) is 0 Å². The number of rotatable bonds is 3. The molecule has 0 aromatic rings. The van der Waals surface area contributed by atoms with Crippen LogP contribution in [0, 0.1) is 17.3 Å². The molecule has 1 N–H and O–H groups in total. The van der Waals surface area contributed by atoms with Crippen molar-refractivity contribution in [3.05, 3.63) is 0 Å². The summed E-state index contributed by atoms with van der Waals surface area (Å²) in [5.74, 6) is 1.16. The average molecular weight is 274 g/mol. The van der Waals surface area contributed by atoms with Crippen LogP contribution in [0.4, 0.5) is 0 Å². The maximum atomic E-state index is 10.1. The van der Waals surface area contributed by atoms with E-state index in [0.717, 1.165) is 6.42 Å². The lowest BCUT2D eigenvalue weighted by atomic mass is 9.43. The molecule has 3 rings (SSSR count). The second-order valence-electron chi connectivity index (χ2n) is 5.68. The molecule has 0 aromatic carbocycles. The predicted octanol–water partition coefficient (Wildman–Crippen LogP) is 2.16. The van der Waals surface area contributed by atoms with Gasteiger partial charge in [-0.15, -0.1) is 0 Å². The molecule has 2 nitrogen and oxygen atoms in total. The van der Waals surface area contributed by atoms with E-state index in [-0.39, 0.29) is 11.7 Å². The molecule has 2 bridgehead atoms. The first-order valence-electron chi connectivity index (χ1n) is 5.66. The Bertz CT molecular complexity index is 259. The zero-order chi connectivity index (χ0) is 11.3. The molecule has 0 aromatic heterocycles. The topological polar surface area (TPSA) is 29.5 Å². The standard InChI is InChI=1S/C11H19BBrO2/c1-10(2)7-4-8(10)11(3,9(14)5-7)15-12-6-13/h7-9,14H,4-6H2,1-3H3. The molecular weight excluding hydrogens is 255 g/mol. The Kier molecular flexibility index (Phi) is 2.98. The molecule has 3 aliphatic rings. The highest BCUT2D eigenvalue weighted by atomic mass is 79.9. The molecule has 0 saturated heterocycles. The molecular formula is C11H19BBrO2. The van der Waals surface area contributed by atoms with Gasteiger partial charge in [0.25, 0.3) is 0 Å². The van der Waals surface area contributed by atoms with E-state index in [1.807, 2.05) is 0 Å². The summed E-state index contributed by atoms with van der Waals surface area (Å²) in [4.78, 5) is 0. The quantitative estimate of drug-likeness (QED) is 0.631. The van der Waals surface area contributed by atoms with E-state index in [0.29, 0.717) is 22.5 Å². The zero-order valence-electron chi connectivity index (χ0n) is 9.66. The molecule has 4 heteroatoms. The molecule has 1 radical (unpaired) electrons. The number of halogens is 1. The van der Waals surface area contributed by atoms with Gasteiger partial charge in [0.1, 0.15) is 0 Å². The molecule has 3 fully saturated rings. The van der Waals surface area contributed by atoms with Crippen molar-refractivity contribution >= 4 is 23.4 Å². The number of hydrogen-bond donors (Lipinski definition) is 1. The summed E-state index contributed by atoms with van der Waals surface area (Å²) >= 11 is 3.32. The highest BCUT2D eigenvalue weighted by Crippen LogP contribution is 2.63. The zero-order valence-corrected chi connectivity index (χ0v) is 11.3. The summed E-state index contributed by atoms with van der Waals surface area (Å²) in [7, 11) is 1.76. The summed E-state index contributed by atoms with van der Waals surface area (Å²) in [6, 6.07) is 0. The highest BCUT2D eigenvalue weighted by molar-refractivity contribution is 9.09. The van der Waals surface area contributed by atoms with E-state index < -0.39 is 0 Å². The van der Waals surface area contributed by atoms with Crippen LogP contribution < -0.4 is 0 Å². The van der Waals surface area contributed by atoms with Crippen molar-refractivity contribution in [3.63, 3.8) is 0 Å². The summed E-state index contributed by atoms with van der Waals surface area (Å²) < 4.78 is 5.80. The Labute approximate surface area is 101 Å². The van der Waals surface area contributed by atoms with Gasteiger partial charge < -0.3 is 9.76 Å². The molecule has 15 heavy (non-hydrogen) atoms. The van der Waals surface area contributed by atoms with Crippen LogP contribution in [0.25, 0.3) is 0 Å². The molecule has 0 spiro atoms. The van der Waals surface area contributed by atoms with Gasteiger partial charge in [0, 0.05) is 5.23 Å². The number of alkyl halides is 1. The van der Waals surface area contributed by atoms with Gasteiger partial charge in [0.05, 0.1) is 11.7 Å². The van der Waals surface area contributed by atoms with Crippen LogP contribution in [0.3, 0.4) is 0 Å². The summed E-state index contributed by atoms with van der Waals surface area (Å²) in [5.41, 5.74) is -0.0554. The number of hydrogen-bond acceptors (Lipinski definition) is 2. The molecule has 0 amide bonds. The van der Waals surface area contributed by atoms with Crippen LogP contribution in [-0.4, -0.2) is 29.5 Å². The Morgan fingerprint density at radius 1 is 1.40 bits per heavy atom. The van der Waals surface area contributed by atoms with Crippen LogP contribution in [0.1, 0.15) is 33.6 Å². The van der Waals surface area contributed by atoms with Crippen LogP contribution in [0.15, 0.2) is 0 Å². The third kappa shape index (κ3) is 1.60. The van der Waals surface area contributed by atoms with Crippen molar-refractivity contribution in [1.82, 2.24) is 0 Å². The molecule has 0 aliphatic heterocycles. The van der Waals surface area contributed by atoms with Gasteiger partial charge >= 0.3 is 7.48 Å². The minimum absolute atomic E-state index is 0.315. The van der Waals surface area contributed by atoms with Gasteiger partial charge in [-0.2, -0.15) is 0 Å². The maximum Gasteiger partial charge on any atom is 0.304 e. The van der Waals surface area contributed by atoms with Gasteiger partial charge in [-0.3, -0.25) is 0 Å². The van der Waals surface area contributed by atoms with E-state index in [1.165, 1.54) is 6.42 Å². The third-order valence-corrected chi connectivity index (χ3v) is 5.00. The van der Waals surface area contributed by atoms with Crippen molar-refractivity contribution in [2.45, 2.75) is 45.3 Å². The van der Waals surface area contributed by atoms with Gasteiger partial charge in [-0.1, -0.05) is 29.8 Å². The first-order valence-corrected chi connectivity index (χ1v) is 6.78. The largest absolute Gasteiger partial charge is 0.432 e. The second kappa shape index (κ2) is 3.74. The van der Waals surface area contributed by atoms with Crippen molar-refractivity contribution in [1.29, 1.82) is 0 Å². The molecule has 4 atom stereocenters. The van der Waals surface area contributed by atoms with E-state index in [1.54, 1.807) is 7.48 Å². The van der Waals surface area contributed by atoms with Gasteiger partial charge in [-0.05, 0) is 37.0 Å². The molecule has 0 heterocycles. The van der Waals surface area contributed by atoms with Gasteiger partial charge in [0.15, 0.2) is 0 Å². The smallest absolute Gasteiger partial charge is 0.304 e. The second-order valence-corrected chi connectivity index (χ2v) is 6.33. The van der Waals surface area contributed by atoms with Crippen LogP contribution in [0.2, 0.25) is 0 Å². The average Bonchev–Trinajstić information content (AvgIpc) is 2.18. The highest BCUT2D eigenvalue weighted by Gasteiger charge is 2.63. The lowest BCUT2D eigenvalue weighted by Gasteiger charge is -2.65. The lowest BCUT2D eigenvalue weighted by Crippen LogP contribution is -2.67. The maximum absolute atomic E-state index is 10.1. The first kappa shape index (κ1) is 11.9. The lowest BCUT2D eigenvalue weighted by molar-refractivity contribution is -0.234. The predicted molar refractivity (Wildman–Crippen MR) is 65.0 cm³/mol. The Morgan fingerprint density at radius 2 is 2.07 bits per heavy atom. The first-order chi connectivity index (χ1) is 6.93. The van der Waals surface area contributed by atoms with E-state index in [9.17, 15) is 5.11 Å². The fraction of sp³-hybridized carbons (Fsp3) is 1.00. The summed E-state index contributed by atoms with van der Waals surface area (Å²) in [6.45, 7) is 6.65. The fourth-order valence-electron chi connectivity index (χ4n) is 3.50. The Hall–Kier alpha value is 0.465. The molecule has 3 saturated carbocycles.